The lowest BCUT2D eigenvalue weighted by Gasteiger charge is -2.20. The van der Waals surface area contributed by atoms with Crippen molar-refractivity contribution in [1.29, 1.82) is 0 Å². The van der Waals surface area contributed by atoms with Gasteiger partial charge in [-0.25, -0.2) is 0 Å². The van der Waals surface area contributed by atoms with Crippen LogP contribution < -0.4 is 0 Å². The Morgan fingerprint density at radius 1 is 1.12 bits per heavy atom. The summed E-state index contributed by atoms with van der Waals surface area (Å²) >= 11 is 6.87. The van der Waals surface area contributed by atoms with E-state index in [0.717, 1.165) is 27.4 Å². The molecule has 1 aromatic rings. The average molecular weight is 346 g/mol. The van der Waals surface area contributed by atoms with Gasteiger partial charge in [0.2, 0.25) is 0 Å². The highest BCUT2D eigenvalue weighted by atomic mass is 79.9. The Morgan fingerprint density at radius 2 is 1.81 bits per heavy atom. The maximum atomic E-state index is 12.3. The fourth-order valence-electron chi connectivity index (χ4n) is 2.27. The summed E-state index contributed by atoms with van der Waals surface area (Å²) in [6, 6.07) is 5.79. The van der Waals surface area contributed by atoms with Gasteiger partial charge in [0.1, 0.15) is 0 Å². The van der Waals surface area contributed by atoms with Crippen LogP contribution in [0.25, 0.3) is 0 Å². The van der Waals surface area contributed by atoms with Crippen molar-refractivity contribution in [2.24, 2.45) is 5.92 Å². The molecule has 1 nitrogen and oxygen atoms in total. The Morgan fingerprint density at radius 3 is 2.50 bits per heavy atom. The van der Waals surface area contributed by atoms with Crippen LogP contribution >= 0.6 is 31.9 Å². The molecule has 0 heterocycles. The maximum Gasteiger partial charge on any atom is 0.167 e. The summed E-state index contributed by atoms with van der Waals surface area (Å²) in [5.74, 6) is 0.534. The quantitative estimate of drug-likeness (QED) is 0.691. The second-order valence-corrected chi connectivity index (χ2v) is 6.09. The Kier molecular flexibility index (Phi) is 4.20. The molecule has 0 unspecified atom stereocenters. The van der Waals surface area contributed by atoms with Crippen LogP contribution in [-0.4, -0.2) is 5.78 Å². The van der Waals surface area contributed by atoms with E-state index in [1.165, 1.54) is 19.3 Å². The summed E-state index contributed by atoms with van der Waals surface area (Å²) in [5, 5.41) is 0. The molecule has 3 heteroatoms. The van der Waals surface area contributed by atoms with Crippen LogP contribution in [0.2, 0.25) is 0 Å². The molecule has 0 radical (unpaired) electrons. The zero-order valence-electron chi connectivity index (χ0n) is 9.01. The summed E-state index contributed by atoms with van der Waals surface area (Å²) in [4.78, 5) is 12.3. The van der Waals surface area contributed by atoms with Crippen LogP contribution in [0, 0.1) is 5.92 Å². The van der Waals surface area contributed by atoms with E-state index in [1.807, 2.05) is 18.2 Å². The molecular formula is C13H14Br2O. The first-order valence-corrected chi connectivity index (χ1v) is 7.26. The van der Waals surface area contributed by atoms with Crippen LogP contribution in [0.1, 0.15) is 42.5 Å². The molecule has 1 saturated carbocycles. The number of carbonyl (C=O) groups excluding carboxylic acids is 1. The minimum atomic E-state index is 0.236. The number of rotatable bonds is 2. The monoisotopic (exact) mass is 344 g/mol. The fraction of sp³-hybridized carbons (Fsp3) is 0.462. The second-order valence-electron chi connectivity index (χ2n) is 4.32. The zero-order valence-corrected chi connectivity index (χ0v) is 12.2. The van der Waals surface area contributed by atoms with E-state index in [4.69, 9.17) is 0 Å². The molecule has 0 spiro atoms. The van der Waals surface area contributed by atoms with Gasteiger partial charge in [-0.05, 0) is 31.0 Å². The van der Waals surface area contributed by atoms with Gasteiger partial charge < -0.3 is 0 Å². The van der Waals surface area contributed by atoms with E-state index in [-0.39, 0.29) is 5.92 Å². The summed E-state index contributed by atoms with van der Waals surface area (Å²) in [5.41, 5.74) is 0.821. The average Bonchev–Trinajstić information content (AvgIpc) is 2.32. The topological polar surface area (TPSA) is 17.1 Å². The van der Waals surface area contributed by atoms with Crippen LogP contribution in [-0.2, 0) is 0 Å². The molecular weight excluding hydrogens is 332 g/mol. The highest BCUT2D eigenvalue weighted by Crippen LogP contribution is 2.30. The Labute approximate surface area is 113 Å². The number of halogens is 2. The van der Waals surface area contributed by atoms with Crippen molar-refractivity contribution >= 4 is 37.6 Å². The van der Waals surface area contributed by atoms with Crippen LogP contribution in [0.3, 0.4) is 0 Å². The second kappa shape index (κ2) is 5.46. The molecule has 16 heavy (non-hydrogen) atoms. The Balaban J connectivity index is 2.22. The lowest BCUT2D eigenvalue weighted by Crippen LogP contribution is -2.18. The number of hydrogen-bond acceptors (Lipinski definition) is 1. The third kappa shape index (κ3) is 2.75. The zero-order chi connectivity index (χ0) is 11.5. The molecule has 0 N–H and O–H groups in total. The largest absolute Gasteiger partial charge is 0.294 e. The molecule has 1 aromatic carbocycles. The van der Waals surface area contributed by atoms with E-state index in [2.05, 4.69) is 31.9 Å². The number of benzene rings is 1. The summed E-state index contributed by atoms with van der Waals surface area (Å²) in [6.45, 7) is 0. The van der Waals surface area contributed by atoms with Crippen molar-refractivity contribution in [2.75, 3.05) is 0 Å². The van der Waals surface area contributed by atoms with E-state index in [9.17, 15) is 4.79 Å². The molecule has 86 valence electrons. The molecule has 0 atom stereocenters. The van der Waals surface area contributed by atoms with E-state index < -0.39 is 0 Å². The van der Waals surface area contributed by atoms with Crippen LogP contribution in [0.4, 0.5) is 0 Å². The highest BCUT2D eigenvalue weighted by molar-refractivity contribution is 9.11. The summed E-state index contributed by atoms with van der Waals surface area (Å²) in [6.07, 6.45) is 5.78. The fourth-order valence-corrected chi connectivity index (χ4v) is 3.07. The smallest absolute Gasteiger partial charge is 0.167 e. The molecule has 1 aliphatic carbocycles. The SMILES string of the molecule is O=C(c1cc(Br)ccc1Br)C1CCCCC1. The van der Waals surface area contributed by atoms with Crippen molar-refractivity contribution in [2.45, 2.75) is 32.1 Å². The lowest BCUT2D eigenvalue weighted by atomic mass is 9.84. The van der Waals surface area contributed by atoms with Crippen LogP contribution in [0.15, 0.2) is 27.1 Å². The number of ketones is 1. The third-order valence-electron chi connectivity index (χ3n) is 3.17. The molecule has 0 saturated heterocycles. The Bertz CT molecular complexity index is 395. The van der Waals surface area contributed by atoms with Gasteiger partial charge in [0.25, 0.3) is 0 Å². The van der Waals surface area contributed by atoms with Gasteiger partial charge in [-0.2, -0.15) is 0 Å². The standard InChI is InChI=1S/C13H14Br2O/c14-10-6-7-12(15)11(8-10)13(16)9-4-2-1-3-5-9/h6-9H,1-5H2. The molecule has 2 rings (SSSR count). The number of carbonyl (C=O) groups is 1. The van der Waals surface area contributed by atoms with E-state index >= 15 is 0 Å². The van der Waals surface area contributed by atoms with Gasteiger partial charge >= 0.3 is 0 Å². The number of Topliss-reactive ketones (excluding diaryl/α,β-unsaturated/α-hetero) is 1. The predicted octanol–water partition coefficient (Wildman–Crippen LogP) is 4.97. The van der Waals surface area contributed by atoms with Gasteiger partial charge in [-0.15, -0.1) is 0 Å². The lowest BCUT2D eigenvalue weighted by molar-refractivity contribution is 0.0888. The van der Waals surface area contributed by atoms with Gasteiger partial charge in [0, 0.05) is 20.4 Å². The van der Waals surface area contributed by atoms with Gasteiger partial charge in [-0.3, -0.25) is 4.79 Å². The highest BCUT2D eigenvalue weighted by Gasteiger charge is 2.23. The molecule has 1 aliphatic rings. The minimum Gasteiger partial charge on any atom is -0.294 e. The van der Waals surface area contributed by atoms with Crippen molar-refractivity contribution < 1.29 is 4.79 Å². The third-order valence-corrected chi connectivity index (χ3v) is 4.35. The molecule has 0 bridgehead atoms. The molecule has 1 fully saturated rings. The first-order chi connectivity index (χ1) is 7.68. The van der Waals surface area contributed by atoms with Crippen molar-refractivity contribution in [3.8, 4) is 0 Å². The van der Waals surface area contributed by atoms with Gasteiger partial charge in [0.15, 0.2) is 5.78 Å². The van der Waals surface area contributed by atoms with Crippen molar-refractivity contribution in [3.63, 3.8) is 0 Å². The Hall–Kier alpha value is -0.150. The van der Waals surface area contributed by atoms with Crippen molar-refractivity contribution in [3.05, 3.63) is 32.7 Å². The summed E-state index contributed by atoms with van der Waals surface area (Å²) < 4.78 is 1.88. The van der Waals surface area contributed by atoms with E-state index in [1.54, 1.807) is 0 Å². The van der Waals surface area contributed by atoms with Crippen LogP contribution in [0.5, 0.6) is 0 Å². The first-order valence-electron chi connectivity index (χ1n) is 5.68. The predicted molar refractivity (Wildman–Crippen MR) is 72.7 cm³/mol. The minimum absolute atomic E-state index is 0.236. The number of hydrogen-bond donors (Lipinski definition) is 0. The normalized spacial score (nSPS) is 17.4. The van der Waals surface area contributed by atoms with Gasteiger partial charge in [0.05, 0.1) is 0 Å². The van der Waals surface area contributed by atoms with Gasteiger partial charge in [-0.1, -0.05) is 51.1 Å². The maximum absolute atomic E-state index is 12.3. The summed E-state index contributed by atoms with van der Waals surface area (Å²) in [7, 11) is 0. The molecule has 0 aliphatic heterocycles. The van der Waals surface area contributed by atoms with E-state index in [0.29, 0.717) is 5.78 Å². The van der Waals surface area contributed by atoms with Crippen molar-refractivity contribution in [1.82, 2.24) is 0 Å². The molecule has 0 aromatic heterocycles. The molecule has 0 amide bonds. The first kappa shape index (κ1) is 12.3.